The molecule has 2 heterocycles. The summed E-state index contributed by atoms with van der Waals surface area (Å²) in [7, 11) is -3.74. The molecule has 5 nitrogen and oxygen atoms in total. The lowest BCUT2D eigenvalue weighted by atomic mass is 10.2. The topological polar surface area (TPSA) is 54.4 Å². The van der Waals surface area contributed by atoms with Gasteiger partial charge in [0.25, 0.3) is 15.7 Å². The molecule has 6 heteroatoms. The summed E-state index contributed by atoms with van der Waals surface area (Å²) in [5, 5.41) is 0.0162. The van der Waals surface area contributed by atoms with Crippen LogP contribution in [-0.2, 0) is 9.84 Å². The van der Waals surface area contributed by atoms with Gasteiger partial charge in [0.15, 0.2) is 0 Å². The Hall–Kier alpha value is -2.60. The third-order valence-corrected chi connectivity index (χ3v) is 6.40. The Morgan fingerprint density at radius 2 is 1.56 bits per heavy atom. The van der Waals surface area contributed by atoms with Crippen LogP contribution in [0.4, 0.5) is 11.5 Å². The second-order valence-corrected chi connectivity index (χ2v) is 9.13. The summed E-state index contributed by atoms with van der Waals surface area (Å²) in [6.07, 6.45) is 0. The van der Waals surface area contributed by atoms with Crippen molar-refractivity contribution < 1.29 is 17.4 Å². The van der Waals surface area contributed by atoms with E-state index in [4.69, 9.17) is 4.42 Å². The fraction of sp³-hybridized carbons (Fsp3) is 0.286. The molecule has 27 heavy (non-hydrogen) atoms. The number of rotatable bonds is 3. The molecule has 0 aliphatic carbocycles. The summed E-state index contributed by atoms with van der Waals surface area (Å²) in [5.74, 6) is 1.20. The fourth-order valence-electron chi connectivity index (χ4n) is 3.59. The number of hydrogen-bond donors (Lipinski definition) is 0. The van der Waals surface area contributed by atoms with Crippen LogP contribution in [0.1, 0.15) is 39.5 Å². The van der Waals surface area contributed by atoms with E-state index in [0.29, 0.717) is 17.4 Å². The maximum atomic E-state index is 13.3. The molecule has 0 saturated heterocycles. The minimum absolute atomic E-state index is 0.0162. The van der Waals surface area contributed by atoms with Crippen LogP contribution in [0.15, 0.2) is 69.0 Å². The van der Waals surface area contributed by atoms with Gasteiger partial charge in [-0.2, -0.15) is 4.57 Å². The molecular formula is C21H23N2O3S+. The molecule has 0 amide bonds. The van der Waals surface area contributed by atoms with E-state index in [1.54, 1.807) is 12.1 Å². The van der Waals surface area contributed by atoms with Crippen LogP contribution in [0.3, 0.4) is 0 Å². The Morgan fingerprint density at radius 3 is 2.19 bits per heavy atom. The molecule has 140 valence electrons. The predicted molar refractivity (Wildman–Crippen MR) is 103 cm³/mol. The zero-order valence-corrected chi connectivity index (χ0v) is 16.7. The third-order valence-electron chi connectivity index (χ3n) is 4.72. The molecule has 0 unspecified atom stereocenters. The lowest BCUT2D eigenvalue weighted by Crippen LogP contribution is -2.44. The molecule has 0 N–H and O–H groups in total. The SMILES string of the molecule is CC(C)c1oc2c([n+]1-c1ccccc1)N(C(C)C)c1ccccc1S2(=O)=O. The smallest absolute Gasteiger partial charge is 0.346 e. The van der Waals surface area contributed by atoms with Gasteiger partial charge in [-0.15, -0.1) is 0 Å². The van der Waals surface area contributed by atoms with Crippen molar-refractivity contribution in [3.63, 3.8) is 0 Å². The van der Waals surface area contributed by atoms with Crippen molar-refractivity contribution in [2.24, 2.45) is 0 Å². The molecule has 3 aromatic rings. The summed E-state index contributed by atoms with van der Waals surface area (Å²) >= 11 is 0. The van der Waals surface area contributed by atoms with E-state index >= 15 is 0 Å². The Balaban J connectivity index is 2.14. The highest BCUT2D eigenvalue weighted by Gasteiger charge is 2.49. The van der Waals surface area contributed by atoms with Gasteiger partial charge in [0.05, 0.1) is 12.0 Å². The van der Waals surface area contributed by atoms with E-state index in [0.717, 1.165) is 5.69 Å². The first-order valence-electron chi connectivity index (χ1n) is 9.11. The number of para-hydroxylation sites is 2. The van der Waals surface area contributed by atoms with Gasteiger partial charge in [-0.05, 0) is 38.1 Å². The molecule has 0 fully saturated rings. The second kappa shape index (κ2) is 6.23. The number of oxazole rings is 1. The summed E-state index contributed by atoms with van der Waals surface area (Å²) in [5.41, 5.74) is 1.56. The highest BCUT2D eigenvalue weighted by Crippen LogP contribution is 2.45. The minimum Gasteiger partial charge on any atom is -0.405 e. The van der Waals surface area contributed by atoms with Crippen LogP contribution >= 0.6 is 0 Å². The highest BCUT2D eigenvalue weighted by atomic mass is 32.2. The van der Waals surface area contributed by atoms with Crippen molar-refractivity contribution in [1.29, 1.82) is 0 Å². The number of nitrogens with zero attached hydrogens (tertiary/aromatic N) is 2. The van der Waals surface area contributed by atoms with Crippen LogP contribution < -0.4 is 9.47 Å². The second-order valence-electron chi connectivity index (χ2n) is 7.31. The summed E-state index contributed by atoms with van der Waals surface area (Å²) in [4.78, 5) is 2.34. The lowest BCUT2D eigenvalue weighted by molar-refractivity contribution is -0.598. The standard InChI is InChI=1S/C21H23N2O3S/c1-14(2)20-23(16-10-6-5-7-11-16)19-21(26-20)27(24,25)18-13-9-8-12-17(18)22(19)15(3)4/h5-15H,1-4H3/q+1. The number of aromatic nitrogens is 1. The molecule has 0 saturated carbocycles. The number of fused-ring (bicyclic) bond motifs is 2. The number of anilines is 2. The predicted octanol–water partition coefficient (Wildman–Crippen LogP) is 4.37. The third kappa shape index (κ3) is 2.58. The largest absolute Gasteiger partial charge is 0.405 e. The number of hydrogen-bond acceptors (Lipinski definition) is 4. The molecule has 0 spiro atoms. The van der Waals surface area contributed by atoms with Gasteiger partial charge >= 0.3 is 10.9 Å². The summed E-state index contributed by atoms with van der Waals surface area (Å²) in [6, 6.07) is 16.9. The Bertz CT molecular complexity index is 1100. The van der Waals surface area contributed by atoms with Gasteiger partial charge < -0.3 is 4.42 Å². The van der Waals surface area contributed by atoms with Gasteiger partial charge in [-0.25, -0.2) is 13.3 Å². The van der Waals surface area contributed by atoms with Gasteiger partial charge in [-0.1, -0.05) is 44.2 Å². The van der Waals surface area contributed by atoms with E-state index in [1.807, 2.05) is 65.8 Å². The van der Waals surface area contributed by atoms with E-state index in [1.165, 1.54) is 0 Å². The van der Waals surface area contributed by atoms with Crippen LogP contribution in [-0.4, -0.2) is 14.5 Å². The average molecular weight is 383 g/mol. The quantitative estimate of drug-likeness (QED) is 0.630. The monoisotopic (exact) mass is 383 g/mol. The van der Waals surface area contributed by atoms with E-state index in [-0.39, 0.29) is 21.9 Å². The van der Waals surface area contributed by atoms with Crippen molar-refractivity contribution in [2.45, 2.75) is 49.6 Å². The molecule has 1 aliphatic heterocycles. The first kappa shape index (κ1) is 17.8. The van der Waals surface area contributed by atoms with Gasteiger partial charge in [0.1, 0.15) is 16.3 Å². The number of benzene rings is 2. The lowest BCUT2D eigenvalue weighted by Gasteiger charge is -2.26. The first-order valence-corrected chi connectivity index (χ1v) is 10.6. The maximum absolute atomic E-state index is 13.3. The van der Waals surface area contributed by atoms with Crippen molar-refractivity contribution in [3.05, 3.63) is 60.5 Å². The highest BCUT2D eigenvalue weighted by molar-refractivity contribution is 7.91. The Morgan fingerprint density at radius 1 is 0.926 bits per heavy atom. The molecular weight excluding hydrogens is 360 g/mol. The van der Waals surface area contributed by atoms with Crippen LogP contribution in [0.25, 0.3) is 5.69 Å². The number of sulfone groups is 1. The molecule has 0 atom stereocenters. The van der Waals surface area contributed by atoms with E-state index < -0.39 is 9.84 Å². The summed E-state index contributed by atoms with van der Waals surface area (Å²) in [6.45, 7) is 8.11. The van der Waals surface area contributed by atoms with Crippen molar-refractivity contribution in [1.82, 2.24) is 0 Å². The maximum Gasteiger partial charge on any atom is 0.346 e. The minimum atomic E-state index is -3.74. The molecule has 0 radical (unpaired) electrons. The fourth-order valence-corrected chi connectivity index (χ4v) is 5.11. The average Bonchev–Trinajstić information content (AvgIpc) is 3.04. The van der Waals surface area contributed by atoms with Crippen LogP contribution in [0.2, 0.25) is 0 Å². The molecule has 1 aliphatic rings. The molecule has 4 rings (SSSR count). The normalized spacial score (nSPS) is 15.1. The Kier molecular flexibility index (Phi) is 4.11. The van der Waals surface area contributed by atoms with Crippen molar-refractivity contribution in [2.75, 3.05) is 4.90 Å². The molecule has 2 aromatic carbocycles. The zero-order valence-electron chi connectivity index (χ0n) is 15.9. The zero-order chi connectivity index (χ0) is 19.3. The van der Waals surface area contributed by atoms with Crippen LogP contribution in [0.5, 0.6) is 0 Å². The summed E-state index contributed by atoms with van der Waals surface area (Å²) < 4.78 is 34.7. The van der Waals surface area contributed by atoms with Crippen molar-refractivity contribution in [3.8, 4) is 5.69 Å². The molecule has 1 aromatic heterocycles. The van der Waals surface area contributed by atoms with Crippen molar-refractivity contribution >= 4 is 21.3 Å². The van der Waals surface area contributed by atoms with Crippen LogP contribution in [0, 0.1) is 0 Å². The van der Waals surface area contributed by atoms with Gasteiger partial charge in [0.2, 0.25) is 0 Å². The molecule has 0 bridgehead atoms. The van der Waals surface area contributed by atoms with Gasteiger partial charge in [0, 0.05) is 0 Å². The van der Waals surface area contributed by atoms with Gasteiger partial charge in [-0.3, -0.25) is 0 Å². The Labute approximate surface area is 159 Å². The first-order chi connectivity index (χ1) is 12.8. The van der Waals surface area contributed by atoms with E-state index in [9.17, 15) is 8.42 Å². The van der Waals surface area contributed by atoms with E-state index in [2.05, 4.69) is 13.8 Å².